The van der Waals surface area contributed by atoms with Gasteiger partial charge in [-0.25, -0.2) is 0 Å². The van der Waals surface area contributed by atoms with Crippen LogP contribution in [0.1, 0.15) is 31.5 Å². The Morgan fingerprint density at radius 1 is 1.33 bits per heavy atom. The lowest BCUT2D eigenvalue weighted by molar-refractivity contribution is 0.299. The molecule has 3 rings (SSSR count). The third-order valence-corrected chi connectivity index (χ3v) is 4.70. The highest BCUT2D eigenvalue weighted by Crippen LogP contribution is 2.35. The van der Waals surface area contributed by atoms with Crippen LogP contribution in [-0.4, -0.2) is 45.8 Å². The topological polar surface area (TPSA) is 58.3 Å². The summed E-state index contributed by atoms with van der Waals surface area (Å²) in [6, 6.07) is 0. The number of likely N-dealkylation sites (tertiary alicyclic amines) is 1. The molecule has 1 aliphatic heterocycles. The summed E-state index contributed by atoms with van der Waals surface area (Å²) in [5.74, 6) is 3.68. The minimum absolute atomic E-state index is 0. The summed E-state index contributed by atoms with van der Waals surface area (Å²) in [4.78, 5) is 6.84. The Bertz CT molecular complexity index is 472. The summed E-state index contributed by atoms with van der Waals surface area (Å²) >= 11 is 0. The van der Waals surface area contributed by atoms with Crippen molar-refractivity contribution in [1.82, 2.24) is 25.0 Å². The molecule has 7 heteroatoms. The maximum absolute atomic E-state index is 4.43. The summed E-state index contributed by atoms with van der Waals surface area (Å²) in [5.41, 5.74) is 0. The second kappa shape index (κ2) is 7.42. The lowest BCUT2D eigenvalue weighted by Gasteiger charge is -2.22. The van der Waals surface area contributed by atoms with Gasteiger partial charge in [0.15, 0.2) is 11.8 Å². The van der Waals surface area contributed by atoms with E-state index in [0.29, 0.717) is 6.54 Å². The molecule has 1 aliphatic carbocycles. The quantitative estimate of drug-likeness (QED) is 0.463. The highest BCUT2D eigenvalue weighted by molar-refractivity contribution is 14.0. The average molecular weight is 404 g/mol. The Morgan fingerprint density at radius 3 is 2.52 bits per heavy atom. The molecule has 1 saturated heterocycles. The van der Waals surface area contributed by atoms with Crippen molar-refractivity contribution in [3.63, 3.8) is 0 Å². The zero-order chi connectivity index (χ0) is 13.9. The highest BCUT2D eigenvalue weighted by atomic mass is 127. The Hall–Kier alpha value is -0.860. The van der Waals surface area contributed by atoms with Gasteiger partial charge in [-0.05, 0) is 24.7 Å². The number of hydrogen-bond donors (Lipinski definition) is 1. The third kappa shape index (κ3) is 3.67. The van der Waals surface area contributed by atoms with Crippen molar-refractivity contribution < 1.29 is 0 Å². The van der Waals surface area contributed by atoms with Gasteiger partial charge in [-0.15, -0.1) is 34.2 Å². The van der Waals surface area contributed by atoms with Crippen LogP contribution in [0.25, 0.3) is 0 Å². The van der Waals surface area contributed by atoms with E-state index in [2.05, 4.69) is 25.4 Å². The lowest BCUT2D eigenvalue weighted by atomic mass is 9.82. The molecule has 2 heterocycles. The van der Waals surface area contributed by atoms with Gasteiger partial charge in [-0.2, -0.15) is 0 Å². The number of fused-ring (bicyclic) bond motifs is 1. The molecule has 0 amide bonds. The molecule has 0 aromatic carbocycles. The molecular formula is C14H25IN6. The van der Waals surface area contributed by atoms with Crippen molar-refractivity contribution in [2.24, 2.45) is 23.9 Å². The van der Waals surface area contributed by atoms with E-state index < -0.39 is 0 Å². The fourth-order valence-corrected chi connectivity index (χ4v) is 3.54. The number of aliphatic imine (C=N–C) groups is 1. The first kappa shape index (κ1) is 16.5. The van der Waals surface area contributed by atoms with Crippen LogP contribution in [0.3, 0.4) is 0 Å². The van der Waals surface area contributed by atoms with Gasteiger partial charge in [0.2, 0.25) is 0 Å². The molecule has 2 unspecified atom stereocenters. The standard InChI is InChI=1S/C14H24N6.HI/c1-15-14(16-7-13-18-17-10-19(13)2)20-8-11-5-3-4-6-12(11)9-20;/h10-12H,3-9H2,1-2H3,(H,15,16);1H. The molecule has 1 aromatic heterocycles. The third-order valence-electron chi connectivity index (χ3n) is 4.70. The number of nitrogens with one attached hydrogen (secondary N) is 1. The van der Waals surface area contributed by atoms with Crippen LogP contribution in [-0.2, 0) is 13.6 Å². The second-order valence-corrected chi connectivity index (χ2v) is 5.97. The largest absolute Gasteiger partial charge is 0.349 e. The molecule has 118 valence electrons. The van der Waals surface area contributed by atoms with Gasteiger partial charge < -0.3 is 14.8 Å². The molecule has 6 nitrogen and oxygen atoms in total. The van der Waals surface area contributed by atoms with E-state index in [0.717, 1.165) is 36.7 Å². The van der Waals surface area contributed by atoms with Crippen molar-refractivity contribution in [2.45, 2.75) is 32.2 Å². The monoisotopic (exact) mass is 404 g/mol. The number of halogens is 1. The molecule has 1 aromatic rings. The average Bonchev–Trinajstić information content (AvgIpc) is 3.06. The van der Waals surface area contributed by atoms with Crippen molar-refractivity contribution in [3.05, 3.63) is 12.2 Å². The predicted octanol–water partition coefficient (Wildman–Crippen LogP) is 1.63. The molecule has 21 heavy (non-hydrogen) atoms. The number of aromatic nitrogens is 3. The highest BCUT2D eigenvalue weighted by Gasteiger charge is 2.35. The Labute approximate surface area is 143 Å². The molecule has 2 aliphatic rings. The molecule has 2 atom stereocenters. The van der Waals surface area contributed by atoms with Crippen LogP contribution in [0.2, 0.25) is 0 Å². The first-order valence-electron chi connectivity index (χ1n) is 7.56. The number of aryl methyl sites for hydroxylation is 1. The van der Waals surface area contributed by atoms with E-state index in [9.17, 15) is 0 Å². The molecular weight excluding hydrogens is 379 g/mol. The van der Waals surface area contributed by atoms with Gasteiger partial charge in [0.05, 0.1) is 6.54 Å². The minimum Gasteiger partial charge on any atom is -0.349 e. The van der Waals surface area contributed by atoms with Crippen LogP contribution in [0.5, 0.6) is 0 Å². The molecule has 1 saturated carbocycles. The van der Waals surface area contributed by atoms with Gasteiger partial charge in [-0.3, -0.25) is 4.99 Å². The van der Waals surface area contributed by atoms with Crippen LogP contribution < -0.4 is 5.32 Å². The Kier molecular flexibility index (Phi) is 5.83. The zero-order valence-electron chi connectivity index (χ0n) is 12.8. The summed E-state index contributed by atoms with van der Waals surface area (Å²) < 4.78 is 1.93. The van der Waals surface area contributed by atoms with E-state index in [4.69, 9.17) is 0 Å². The second-order valence-electron chi connectivity index (χ2n) is 5.97. The van der Waals surface area contributed by atoms with Crippen LogP contribution in [0, 0.1) is 11.8 Å². The fraction of sp³-hybridized carbons (Fsp3) is 0.786. The minimum atomic E-state index is 0. The van der Waals surface area contributed by atoms with Crippen LogP contribution in [0.15, 0.2) is 11.3 Å². The maximum atomic E-state index is 4.43. The van der Waals surface area contributed by atoms with Gasteiger partial charge in [0, 0.05) is 27.2 Å². The lowest BCUT2D eigenvalue weighted by Crippen LogP contribution is -2.40. The summed E-state index contributed by atoms with van der Waals surface area (Å²) in [6.07, 6.45) is 7.31. The van der Waals surface area contributed by atoms with Crippen molar-refractivity contribution >= 4 is 29.9 Å². The van der Waals surface area contributed by atoms with E-state index in [1.54, 1.807) is 6.33 Å². The maximum Gasteiger partial charge on any atom is 0.194 e. The fourth-order valence-electron chi connectivity index (χ4n) is 3.54. The molecule has 0 bridgehead atoms. The van der Waals surface area contributed by atoms with E-state index in [1.807, 2.05) is 18.7 Å². The predicted molar refractivity (Wildman–Crippen MR) is 93.6 cm³/mol. The van der Waals surface area contributed by atoms with Crippen LogP contribution in [0.4, 0.5) is 0 Å². The van der Waals surface area contributed by atoms with Crippen molar-refractivity contribution in [3.8, 4) is 0 Å². The SMILES string of the molecule is CN=C(NCc1nncn1C)N1CC2CCCCC2C1.I. The zero-order valence-corrected chi connectivity index (χ0v) is 15.2. The van der Waals surface area contributed by atoms with Gasteiger partial charge in [0.1, 0.15) is 6.33 Å². The Morgan fingerprint density at radius 2 is 2.00 bits per heavy atom. The number of nitrogens with zero attached hydrogens (tertiary/aromatic N) is 5. The van der Waals surface area contributed by atoms with Gasteiger partial charge in [-0.1, -0.05) is 12.8 Å². The van der Waals surface area contributed by atoms with E-state index in [-0.39, 0.29) is 24.0 Å². The van der Waals surface area contributed by atoms with Crippen LogP contribution >= 0.6 is 24.0 Å². The molecule has 2 fully saturated rings. The smallest absolute Gasteiger partial charge is 0.194 e. The van der Waals surface area contributed by atoms with Gasteiger partial charge >= 0.3 is 0 Å². The van der Waals surface area contributed by atoms with Crippen molar-refractivity contribution in [2.75, 3.05) is 20.1 Å². The number of rotatable bonds is 2. The molecule has 1 N–H and O–H groups in total. The normalized spacial score (nSPS) is 25.4. The van der Waals surface area contributed by atoms with Gasteiger partial charge in [0.25, 0.3) is 0 Å². The van der Waals surface area contributed by atoms with E-state index in [1.165, 1.54) is 25.7 Å². The summed E-state index contributed by atoms with van der Waals surface area (Å²) in [5, 5.41) is 11.4. The Balaban J connectivity index is 0.00000161. The van der Waals surface area contributed by atoms with E-state index >= 15 is 0 Å². The molecule has 0 radical (unpaired) electrons. The first-order valence-corrected chi connectivity index (χ1v) is 7.56. The number of guanidine groups is 1. The summed E-state index contributed by atoms with van der Waals surface area (Å²) in [7, 11) is 3.82. The summed E-state index contributed by atoms with van der Waals surface area (Å²) in [6.45, 7) is 2.99. The molecule has 0 spiro atoms. The number of hydrogen-bond acceptors (Lipinski definition) is 3. The van der Waals surface area contributed by atoms with Crippen molar-refractivity contribution in [1.29, 1.82) is 0 Å². The first-order chi connectivity index (χ1) is 9.78.